The van der Waals surface area contributed by atoms with E-state index in [4.69, 9.17) is 5.73 Å². The number of halogens is 1. The Kier molecular flexibility index (Phi) is 4.81. The van der Waals surface area contributed by atoms with Crippen LogP contribution < -0.4 is 5.73 Å². The molecule has 0 unspecified atom stereocenters. The molecule has 0 aromatic heterocycles. The zero-order valence-corrected chi connectivity index (χ0v) is 11.2. The number of hydrogen-bond donors (Lipinski definition) is 1. The molecular weight excluding hydrogens is 250 g/mol. The van der Waals surface area contributed by atoms with Crippen LogP contribution in [0.25, 0.3) is 0 Å². The minimum absolute atomic E-state index is 0.268. The van der Waals surface area contributed by atoms with Gasteiger partial charge in [0, 0.05) is 4.47 Å². The Morgan fingerprint density at radius 2 is 1.80 bits per heavy atom. The Morgan fingerprint density at radius 1 is 1.20 bits per heavy atom. The molecule has 0 amide bonds. The largest absolute Gasteiger partial charge is 0.330 e. The molecule has 0 aliphatic carbocycles. The van der Waals surface area contributed by atoms with Crippen LogP contribution in [0.5, 0.6) is 0 Å². The summed E-state index contributed by atoms with van der Waals surface area (Å²) in [5, 5.41) is 0. The van der Waals surface area contributed by atoms with Gasteiger partial charge in [0.2, 0.25) is 0 Å². The molecule has 0 aliphatic heterocycles. The van der Waals surface area contributed by atoms with Gasteiger partial charge in [-0.1, -0.05) is 48.0 Å². The fourth-order valence-corrected chi connectivity index (χ4v) is 2.33. The minimum Gasteiger partial charge on any atom is -0.330 e. The van der Waals surface area contributed by atoms with E-state index in [0.29, 0.717) is 0 Å². The summed E-state index contributed by atoms with van der Waals surface area (Å²) in [6, 6.07) is 8.42. The van der Waals surface area contributed by atoms with Gasteiger partial charge in [0.25, 0.3) is 0 Å². The molecule has 0 spiro atoms. The summed E-state index contributed by atoms with van der Waals surface area (Å²) in [5.41, 5.74) is 7.55. The van der Waals surface area contributed by atoms with E-state index in [1.54, 1.807) is 0 Å². The zero-order valence-electron chi connectivity index (χ0n) is 9.59. The van der Waals surface area contributed by atoms with Gasteiger partial charge in [-0.05, 0) is 42.9 Å². The first kappa shape index (κ1) is 12.7. The summed E-state index contributed by atoms with van der Waals surface area (Å²) in [6.07, 6.45) is 3.35. The fraction of sp³-hybridized carbons (Fsp3) is 0.538. The number of hydrogen-bond acceptors (Lipinski definition) is 1. The average molecular weight is 270 g/mol. The van der Waals surface area contributed by atoms with Crippen LogP contribution in [0.3, 0.4) is 0 Å². The van der Waals surface area contributed by atoms with Gasteiger partial charge in [0.05, 0.1) is 0 Å². The van der Waals surface area contributed by atoms with E-state index in [0.717, 1.165) is 25.8 Å². The van der Waals surface area contributed by atoms with Crippen molar-refractivity contribution < 1.29 is 0 Å². The number of nitrogens with two attached hydrogens (primary N) is 1. The lowest BCUT2D eigenvalue weighted by Gasteiger charge is -2.30. The van der Waals surface area contributed by atoms with Crippen molar-refractivity contribution in [1.82, 2.24) is 0 Å². The van der Waals surface area contributed by atoms with Crippen LogP contribution >= 0.6 is 15.9 Å². The van der Waals surface area contributed by atoms with Gasteiger partial charge in [-0.15, -0.1) is 0 Å². The topological polar surface area (TPSA) is 26.0 Å². The molecule has 15 heavy (non-hydrogen) atoms. The van der Waals surface area contributed by atoms with Crippen molar-refractivity contribution in [2.24, 2.45) is 11.1 Å². The fourth-order valence-electron chi connectivity index (χ4n) is 1.91. The molecule has 2 N–H and O–H groups in total. The van der Waals surface area contributed by atoms with Crippen molar-refractivity contribution in [3.63, 3.8) is 0 Å². The Bertz CT molecular complexity index is 297. The third-order valence-corrected chi connectivity index (χ3v) is 4.23. The van der Waals surface area contributed by atoms with E-state index in [1.807, 2.05) is 0 Å². The lowest BCUT2D eigenvalue weighted by Crippen LogP contribution is -2.31. The third-order valence-electron chi connectivity index (χ3n) is 3.46. The van der Waals surface area contributed by atoms with Crippen LogP contribution in [0.15, 0.2) is 28.7 Å². The summed E-state index contributed by atoms with van der Waals surface area (Å²) < 4.78 is 1.20. The van der Waals surface area contributed by atoms with E-state index < -0.39 is 0 Å². The molecule has 0 saturated heterocycles. The molecule has 0 radical (unpaired) electrons. The highest BCUT2D eigenvalue weighted by molar-refractivity contribution is 9.10. The number of benzene rings is 1. The standard InChI is InChI=1S/C13H20BrN/c1-3-13(4-2,10-15)9-11-7-5-6-8-12(11)14/h5-8H,3-4,9-10,15H2,1-2H3. The molecule has 0 atom stereocenters. The van der Waals surface area contributed by atoms with Crippen molar-refractivity contribution in [2.75, 3.05) is 6.54 Å². The van der Waals surface area contributed by atoms with Gasteiger partial charge in [0.1, 0.15) is 0 Å². The Balaban J connectivity index is 2.88. The predicted octanol–water partition coefficient (Wildman–Crippen LogP) is 3.76. The second-order valence-corrected chi connectivity index (χ2v) is 5.03. The van der Waals surface area contributed by atoms with E-state index in [9.17, 15) is 0 Å². The van der Waals surface area contributed by atoms with Gasteiger partial charge in [-0.25, -0.2) is 0 Å². The van der Waals surface area contributed by atoms with Crippen molar-refractivity contribution in [3.05, 3.63) is 34.3 Å². The van der Waals surface area contributed by atoms with Crippen LogP contribution in [0, 0.1) is 5.41 Å². The van der Waals surface area contributed by atoms with Crippen LogP contribution in [-0.2, 0) is 6.42 Å². The van der Waals surface area contributed by atoms with Crippen molar-refractivity contribution in [3.8, 4) is 0 Å². The van der Waals surface area contributed by atoms with Crippen LogP contribution in [-0.4, -0.2) is 6.54 Å². The SMILES string of the molecule is CCC(CC)(CN)Cc1ccccc1Br. The lowest BCUT2D eigenvalue weighted by atomic mass is 9.77. The lowest BCUT2D eigenvalue weighted by molar-refractivity contribution is 0.271. The van der Waals surface area contributed by atoms with Gasteiger partial charge < -0.3 is 5.73 Å². The minimum atomic E-state index is 0.268. The summed E-state index contributed by atoms with van der Waals surface area (Å²) in [6.45, 7) is 5.22. The molecule has 1 aromatic carbocycles. The Labute approximate surface area is 101 Å². The molecular formula is C13H20BrN. The van der Waals surface area contributed by atoms with Crippen molar-refractivity contribution >= 4 is 15.9 Å². The normalized spacial score (nSPS) is 11.7. The van der Waals surface area contributed by atoms with E-state index >= 15 is 0 Å². The summed E-state index contributed by atoms with van der Waals surface area (Å²) >= 11 is 3.60. The second kappa shape index (κ2) is 5.66. The third kappa shape index (κ3) is 3.05. The highest BCUT2D eigenvalue weighted by Crippen LogP contribution is 2.32. The average Bonchev–Trinajstić information content (AvgIpc) is 2.29. The first-order chi connectivity index (χ1) is 7.17. The van der Waals surface area contributed by atoms with E-state index in [1.165, 1.54) is 10.0 Å². The van der Waals surface area contributed by atoms with Gasteiger partial charge >= 0.3 is 0 Å². The first-order valence-electron chi connectivity index (χ1n) is 5.61. The van der Waals surface area contributed by atoms with Gasteiger partial charge in [-0.2, -0.15) is 0 Å². The molecule has 0 bridgehead atoms. The quantitative estimate of drug-likeness (QED) is 0.866. The second-order valence-electron chi connectivity index (χ2n) is 4.18. The van der Waals surface area contributed by atoms with Gasteiger partial charge in [0.15, 0.2) is 0 Å². The first-order valence-corrected chi connectivity index (χ1v) is 6.40. The number of rotatable bonds is 5. The molecule has 1 aromatic rings. The molecule has 0 fully saturated rings. The molecule has 0 aliphatic rings. The molecule has 0 heterocycles. The highest BCUT2D eigenvalue weighted by atomic mass is 79.9. The predicted molar refractivity (Wildman–Crippen MR) is 69.9 cm³/mol. The van der Waals surface area contributed by atoms with E-state index in [2.05, 4.69) is 54.0 Å². The smallest absolute Gasteiger partial charge is 0.0207 e. The van der Waals surface area contributed by atoms with Crippen LogP contribution in [0.2, 0.25) is 0 Å². The molecule has 1 nitrogen and oxygen atoms in total. The van der Waals surface area contributed by atoms with Crippen LogP contribution in [0.4, 0.5) is 0 Å². The maximum atomic E-state index is 5.91. The van der Waals surface area contributed by atoms with Crippen molar-refractivity contribution in [2.45, 2.75) is 33.1 Å². The zero-order chi connectivity index (χ0) is 11.3. The summed E-state index contributed by atoms with van der Waals surface area (Å²) in [5.74, 6) is 0. The van der Waals surface area contributed by atoms with Crippen LogP contribution in [0.1, 0.15) is 32.3 Å². The molecule has 2 heteroatoms. The monoisotopic (exact) mass is 269 g/mol. The summed E-state index contributed by atoms with van der Waals surface area (Å²) in [7, 11) is 0. The molecule has 0 saturated carbocycles. The van der Waals surface area contributed by atoms with Gasteiger partial charge in [-0.3, -0.25) is 0 Å². The maximum Gasteiger partial charge on any atom is 0.0207 e. The Morgan fingerprint density at radius 3 is 2.27 bits per heavy atom. The maximum absolute atomic E-state index is 5.91. The molecule has 1 rings (SSSR count). The van der Waals surface area contributed by atoms with E-state index in [-0.39, 0.29) is 5.41 Å². The van der Waals surface area contributed by atoms with Crippen molar-refractivity contribution in [1.29, 1.82) is 0 Å². The Hall–Kier alpha value is -0.340. The molecule has 84 valence electrons. The summed E-state index contributed by atoms with van der Waals surface area (Å²) in [4.78, 5) is 0. The highest BCUT2D eigenvalue weighted by Gasteiger charge is 2.25.